The zero-order valence-electron chi connectivity index (χ0n) is 15.0. The van der Waals surface area contributed by atoms with Crippen LogP contribution in [-0.4, -0.2) is 22.8 Å². The highest BCUT2D eigenvalue weighted by Gasteiger charge is 2.61. The standard InChI is InChI=1S/C17H36O2Si/c1-9-14-11-12-16(15(14)10-2)20(18-7,19-8)17(5,6)13(3)4/h13-16H,9-12H2,1-8H3. The molecule has 3 unspecified atom stereocenters. The maximum atomic E-state index is 6.24. The summed E-state index contributed by atoms with van der Waals surface area (Å²) in [5.74, 6) is 2.22. The maximum absolute atomic E-state index is 6.24. The molecule has 3 heteroatoms. The van der Waals surface area contributed by atoms with Crippen LogP contribution in [0, 0.1) is 17.8 Å². The summed E-state index contributed by atoms with van der Waals surface area (Å²) < 4.78 is 12.5. The van der Waals surface area contributed by atoms with Crippen LogP contribution in [0.15, 0.2) is 0 Å². The quantitative estimate of drug-likeness (QED) is 0.588. The molecule has 0 radical (unpaired) electrons. The van der Waals surface area contributed by atoms with Crippen molar-refractivity contribution in [1.29, 1.82) is 0 Å². The molecule has 1 aliphatic carbocycles. The van der Waals surface area contributed by atoms with Crippen LogP contribution in [-0.2, 0) is 8.85 Å². The molecule has 0 saturated heterocycles. The Bertz CT molecular complexity index is 297. The molecular weight excluding hydrogens is 264 g/mol. The van der Waals surface area contributed by atoms with Crippen molar-refractivity contribution in [2.24, 2.45) is 17.8 Å². The average Bonchev–Trinajstić information content (AvgIpc) is 2.83. The molecule has 0 heterocycles. The normalized spacial score (nSPS) is 28.4. The van der Waals surface area contributed by atoms with Gasteiger partial charge in [-0.3, -0.25) is 0 Å². The Labute approximate surface area is 127 Å². The van der Waals surface area contributed by atoms with E-state index in [9.17, 15) is 0 Å². The van der Waals surface area contributed by atoms with Gasteiger partial charge in [-0.1, -0.05) is 60.8 Å². The number of hydrogen-bond acceptors (Lipinski definition) is 2. The lowest BCUT2D eigenvalue weighted by Crippen LogP contribution is -2.56. The van der Waals surface area contributed by atoms with E-state index >= 15 is 0 Å². The summed E-state index contributed by atoms with van der Waals surface area (Å²) in [4.78, 5) is 0. The van der Waals surface area contributed by atoms with Gasteiger partial charge in [0, 0.05) is 24.8 Å². The summed E-state index contributed by atoms with van der Waals surface area (Å²) in [5.41, 5.74) is 0.643. The minimum absolute atomic E-state index is 0.136. The van der Waals surface area contributed by atoms with Crippen LogP contribution < -0.4 is 0 Å². The van der Waals surface area contributed by atoms with Crippen molar-refractivity contribution >= 4 is 8.56 Å². The third-order valence-electron chi connectivity index (χ3n) is 6.40. The van der Waals surface area contributed by atoms with Crippen LogP contribution in [0.2, 0.25) is 10.6 Å². The predicted octanol–water partition coefficient (Wildman–Crippen LogP) is 5.37. The predicted molar refractivity (Wildman–Crippen MR) is 89.2 cm³/mol. The first-order chi connectivity index (χ1) is 9.32. The van der Waals surface area contributed by atoms with Gasteiger partial charge in [-0.2, -0.15) is 0 Å². The van der Waals surface area contributed by atoms with Gasteiger partial charge in [0.05, 0.1) is 0 Å². The molecule has 0 amide bonds. The van der Waals surface area contributed by atoms with Crippen molar-refractivity contribution in [2.45, 2.75) is 77.8 Å². The molecule has 1 rings (SSSR count). The largest absolute Gasteiger partial charge is 0.397 e. The van der Waals surface area contributed by atoms with E-state index in [0.717, 1.165) is 11.8 Å². The molecule has 2 nitrogen and oxygen atoms in total. The highest BCUT2D eigenvalue weighted by Crippen LogP contribution is 2.59. The van der Waals surface area contributed by atoms with Gasteiger partial charge in [0.1, 0.15) is 0 Å². The molecule has 20 heavy (non-hydrogen) atoms. The number of hydrogen-bond donors (Lipinski definition) is 0. The highest BCUT2D eigenvalue weighted by molar-refractivity contribution is 6.72. The minimum atomic E-state index is -2.24. The second-order valence-corrected chi connectivity index (χ2v) is 11.6. The minimum Gasteiger partial charge on any atom is -0.397 e. The maximum Gasteiger partial charge on any atom is 0.347 e. The van der Waals surface area contributed by atoms with E-state index < -0.39 is 8.56 Å². The van der Waals surface area contributed by atoms with Gasteiger partial charge in [0.15, 0.2) is 0 Å². The highest BCUT2D eigenvalue weighted by atomic mass is 28.4. The summed E-state index contributed by atoms with van der Waals surface area (Å²) in [5, 5.41) is 0.136. The first-order valence-corrected chi connectivity index (χ1v) is 10.3. The van der Waals surface area contributed by atoms with E-state index in [1.807, 2.05) is 14.2 Å². The van der Waals surface area contributed by atoms with Gasteiger partial charge in [-0.15, -0.1) is 0 Å². The van der Waals surface area contributed by atoms with Gasteiger partial charge in [0.25, 0.3) is 0 Å². The van der Waals surface area contributed by atoms with Crippen LogP contribution in [0.4, 0.5) is 0 Å². The Balaban J connectivity index is 3.20. The first-order valence-electron chi connectivity index (χ1n) is 8.42. The summed E-state index contributed by atoms with van der Waals surface area (Å²) >= 11 is 0. The van der Waals surface area contributed by atoms with Crippen molar-refractivity contribution in [2.75, 3.05) is 14.2 Å². The fourth-order valence-corrected chi connectivity index (χ4v) is 9.74. The van der Waals surface area contributed by atoms with E-state index in [1.165, 1.54) is 25.7 Å². The van der Waals surface area contributed by atoms with E-state index in [2.05, 4.69) is 41.5 Å². The Hall–Kier alpha value is 0.137. The summed E-state index contributed by atoms with van der Waals surface area (Å²) in [6.45, 7) is 14.0. The van der Waals surface area contributed by atoms with E-state index in [0.29, 0.717) is 11.5 Å². The lowest BCUT2D eigenvalue weighted by Gasteiger charge is -2.49. The Morgan fingerprint density at radius 2 is 1.60 bits per heavy atom. The Morgan fingerprint density at radius 1 is 1.05 bits per heavy atom. The van der Waals surface area contributed by atoms with Crippen molar-refractivity contribution < 1.29 is 8.85 Å². The fourth-order valence-electron chi connectivity index (χ4n) is 4.54. The molecule has 0 aromatic heterocycles. The van der Waals surface area contributed by atoms with Crippen LogP contribution >= 0.6 is 0 Å². The van der Waals surface area contributed by atoms with Gasteiger partial charge in [-0.05, 0) is 24.2 Å². The molecular formula is C17H36O2Si. The molecule has 0 spiro atoms. The Kier molecular flexibility index (Phi) is 6.30. The Morgan fingerprint density at radius 3 is 1.95 bits per heavy atom. The first kappa shape index (κ1) is 18.2. The lowest BCUT2D eigenvalue weighted by molar-refractivity contribution is 0.166. The molecule has 0 aromatic rings. The van der Waals surface area contributed by atoms with Gasteiger partial charge in [0.2, 0.25) is 0 Å². The average molecular weight is 301 g/mol. The van der Waals surface area contributed by atoms with E-state index in [4.69, 9.17) is 8.85 Å². The molecule has 1 saturated carbocycles. The van der Waals surface area contributed by atoms with Gasteiger partial charge < -0.3 is 8.85 Å². The molecule has 0 N–H and O–H groups in total. The molecule has 0 aromatic carbocycles. The third kappa shape index (κ3) is 2.73. The van der Waals surface area contributed by atoms with Crippen LogP contribution in [0.5, 0.6) is 0 Å². The summed E-state index contributed by atoms with van der Waals surface area (Å²) in [7, 11) is 1.55. The molecule has 120 valence electrons. The molecule has 1 aliphatic rings. The third-order valence-corrected chi connectivity index (χ3v) is 11.7. The van der Waals surface area contributed by atoms with Crippen LogP contribution in [0.1, 0.15) is 67.2 Å². The summed E-state index contributed by atoms with van der Waals surface area (Å²) in [6.07, 6.45) is 5.21. The van der Waals surface area contributed by atoms with E-state index in [-0.39, 0.29) is 5.04 Å². The second kappa shape index (κ2) is 6.93. The van der Waals surface area contributed by atoms with Gasteiger partial charge >= 0.3 is 8.56 Å². The van der Waals surface area contributed by atoms with Gasteiger partial charge in [-0.25, -0.2) is 0 Å². The zero-order chi connectivity index (χ0) is 15.6. The lowest BCUT2D eigenvalue weighted by atomic mass is 9.91. The summed E-state index contributed by atoms with van der Waals surface area (Å²) in [6, 6.07) is 0. The van der Waals surface area contributed by atoms with Crippen LogP contribution in [0.3, 0.4) is 0 Å². The fraction of sp³-hybridized carbons (Fsp3) is 1.00. The monoisotopic (exact) mass is 300 g/mol. The van der Waals surface area contributed by atoms with Crippen molar-refractivity contribution in [3.05, 3.63) is 0 Å². The SMILES string of the molecule is CCC1CCC([Si](OC)(OC)C(C)(C)C(C)C)C1CC. The van der Waals surface area contributed by atoms with Crippen molar-refractivity contribution in [3.63, 3.8) is 0 Å². The molecule has 0 bridgehead atoms. The topological polar surface area (TPSA) is 18.5 Å². The van der Waals surface area contributed by atoms with Crippen LogP contribution in [0.25, 0.3) is 0 Å². The smallest absolute Gasteiger partial charge is 0.347 e. The molecule has 1 fully saturated rings. The molecule has 0 aliphatic heterocycles. The zero-order valence-corrected chi connectivity index (χ0v) is 16.0. The second-order valence-electron chi connectivity index (χ2n) is 7.38. The molecule has 3 atom stereocenters. The van der Waals surface area contributed by atoms with Crippen molar-refractivity contribution in [1.82, 2.24) is 0 Å². The van der Waals surface area contributed by atoms with Crippen molar-refractivity contribution in [3.8, 4) is 0 Å². The van der Waals surface area contributed by atoms with E-state index in [1.54, 1.807) is 0 Å². The number of rotatable bonds is 7.